The van der Waals surface area contributed by atoms with Gasteiger partial charge < -0.3 is 5.32 Å². The van der Waals surface area contributed by atoms with Crippen molar-refractivity contribution < 1.29 is 0 Å². The van der Waals surface area contributed by atoms with Gasteiger partial charge in [0.25, 0.3) is 0 Å². The van der Waals surface area contributed by atoms with E-state index in [-0.39, 0.29) is 5.54 Å². The first-order chi connectivity index (χ1) is 5.67. The number of piperazine rings is 1. The molecule has 1 rings (SSSR count). The second kappa shape index (κ2) is 3.93. The van der Waals surface area contributed by atoms with Gasteiger partial charge in [0.05, 0.1) is 0 Å². The Morgan fingerprint density at radius 3 is 2.92 bits per heavy atom. The molecule has 1 aliphatic rings. The van der Waals surface area contributed by atoms with Crippen molar-refractivity contribution in [2.24, 2.45) is 0 Å². The quantitative estimate of drug-likeness (QED) is 0.607. The number of hydrogen-bond acceptors (Lipinski definition) is 2. The van der Waals surface area contributed by atoms with Gasteiger partial charge in [-0.1, -0.05) is 0 Å². The molecule has 1 saturated heterocycles. The highest BCUT2D eigenvalue weighted by Gasteiger charge is 2.28. The molecule has 1 heterocycles. The highest BCUT2D eigenvalue weighted by Crippen LogP contribution is 2.15. The molecule has 0 atom stereocenters. The van der Waals surface area contributed by atoms with Crippen molar-refractivity contribution in [2.75, 3.05) is 26.2 Å². The molecule has 0 unspecified atom stereocenters. The molecule has 0 spiro atoms. The van der Waals surface area contributed by atoms with Crippen molar-refractivity contribution >= 4 is 0 Å². The Morgan fingerprint density at radius 1 is 1.58 bits per heavy atom. The van der Waals surface area contributed by atoms with Crippen LogP contribution in [0.25, 0.3) is 0 Å². The summed E-state index contributed by atoms with van der Waals surface area (Å²) in [6.45, 7) is 8.83. The van der Waals surface area contributed by atoms with Crippen LogP contribution in [0.5, 0.6) is 0 Å². The van der Waals surface area contributed by atoms with Gasteiger partial charge in [0.1, 0.15) is 0 Å². The second-order valence-electron chi connectivity index (χ2n) is 3.93. The maximum atomic E-state index is 5.24. The Hall–Kier alpha value is -0.520. The molecule has 0 radical (unpaired) electrons. The van der Waals surface area contributed by atoms with Gasteiger partial charge in [-0.25, -0.2) is 0 Å². The fourth-order valence-electron chi connectivity index (χ4n) is 1.64. The van der Waals surface area contributed by atoms with E-state index in [0.29, 0.717) is 0 Å². The third-order valence-corrected chi connectivity index (χ3v) is 2.50. The highest BCUT2D eigenvalue weighted by atomic mass is 15.2. The third-order valence-electron chi connectivity index (χ3n) is 2.50. The second-order valence-corrected chi connectivity index (χ2v) is 3.93. The summed E-state index contributed by atoms with van der Waals surface area (Å²) in [4.78, 5) is 2.46. The third kappa shape index (κ3) is 2.23. The van der Waals surface area contributed by atoms with Crippen LogP contribution in [0.2, 0.25) is 0 Å². The minimum Gasteiger partial charge on any atom is -0.314 e. The molecule has 0 aromatic rings. The Labute approximate surface area is 75.3 Å². The van der Waals surface area contributed by atoms with Crippen LogP contribution in [0, 0.1) is 12.3 Å². The van der Waals surface area contributed by atoms with Gasteiger partial charge in [0.2, 0.25) is 0 Å². The minimum atomic E-state index is 0.273. The van der Waals surface area contributed by atoms with Gasteiger partial charge in [-0.2, -0.15) is 0 Å². The summed E-state index contributed by atoms with van der Waals surface area (Å²) in [7, 11) is 0. The molecule has 12 heavy (non-hydrogen) atoms. The van der Waals surface area contributed by atoms with E-state index in [1.165, 1.54) is 0 Å². The normalized spacial score (nSPS) is 23.4. The molecule has 0 aliphatic carbocycles. The van der Waals surface area contributed by atoms with Gasteiger partial charge in [0.15, 0.2) is 0 Å². The average molecular weight is 166 g/mol. The summed E-state index contributed by atoms with van der Waals surface area (Å²) in [5.74, 6) is 2.69. The molecular formula is C10H18N2. The molecule has 0 saturated carbocycles. The number of rotatable bonds is 2. The predicted octanol–water partition coefficient (Wildman–Crippen LogP) is 0.694. The van der Waals surface area contributed by atoms with Gasteiger partial charge in [-0.05, 0) is 13.8 Å². The van der Waals surface area contributed by atoms with Crippen LogP contribution in [0.15, 0.2) is 0 Å². The van der Waals surface area contributed by atoms with E-state index in [1.807, 2.05) is 0 Å². The molecule has 2 nitrogen and oxygen atoms in total. The summed E-state index contributed by atoms with van der Waals surface area (Å²) in [5, 5.41) is 3.39. The minimum absolute atomic E-state index is 0.273. The van der Waals surface area contributed by atoms with Crippen molar-refractivity contribution in [3.8, 4) is 12.3 Å². The van der Waals surface area contributed by atoms with Crippen LogP contribution >= 0.6 is 0 Å². The van der Waals surface area contributed by atoms with E-state index in [9.17, 15) is 0 Å². The highest BCUT2D eigenvalue weighted by molar-refractivity contribution is 4.92. The van der Waals surface area contributed by atoms with Crippen molar-refractivity contribution in [2.45, 2.75) is 25.8 Å². The average Bonchev–Trinajstić information content (AvgIpc) is 2.02. The fraction of sp³-hybridized carbons (Fsp3) is 0.800. The zero-order valence-electron chi connectivity index (χ0n) is 8.06. The maximum absolute atomic E-state index is 5.24. The number of nitrogens with zero attached hydrogens (tertiary/aromatic N) is 1. The van der Waals surface area contributed by atoms with Gasteiger partial charge >= 0.3 is 0 Å². The predicted molar refractivity (Wildman–Crippen MR) is 52.0 cm³/mol. The lowest BCUT2D eigenvalue weighted by Crippen LogP contribution is -2.57. The topological polar surface area (TPSA) is 15.3 Å². The fourth-order valence-corrected chi connectivity index (χ4v) is 1.64. The van der Waals surface area contributed by atoms with Gasteiger partial charge in [0, 0.05) is 38.1 Å². The largest absolute Gasteiger partial charge is 0.314 e. The molecule has 68 valence electrons. The Balaban J connectivity index is 2.44. The van der Waals surface area contributed by atoms with E-state index in [2.05, 4.69) is 30.0 Å². The monoisotopic (exact) mass is 166 g/mol. The molecule has 0 aromatic heterocycles. The first-order valence-corrected chi connectivity index (χ1v) is 4.56. The molecule has 0 bridgehead atoms. The van der Waals surface area contributed by atoms with Crippen LogP contribution in [-0.4, -0.2) is 36.6 Å². The Bertz CT molecular complexity index is 179. The zero-order chi connectivity index (χ0) is 9.03. The van der Waals surface area contributed by atoms with E-state index in [0.717, 1.165) is 32.6 Å². The molecule has 1 N–H and O–H groups in total. The first-order valence-electron chi connectivity index (χ1n) is 4.56. The summed E-state index contributed by atoms with van der Waals surface area (Å²) in [5.41, 5.74) is 0.273. The maximum Gasteiger partial charge on any atom is 0.0278 e. The van der Waals surface area contributed by atoms with E-state index in [4.69, 9.17) is 6.42 Å². The summed E-state index contributed by atoms with van der Waals surface area (Å²) in [6.07, 6.45) is 6.11. The molecule has 1 fully saturated rings. The summed E-state index contributed by atoms with van der Waals surface area (Å²) in [6, 6.07) is 0. The molecule has 1 aliphatic heterocycles. The summed E-state index contributed by atoms with van der Waals surface area (Å²) >= 11 is 0. The van der Waals surface area contributed by atoms with E-state index < -0.39 is 0 Å². The molecular weight excluding hydrogens is 148 g/mol. The lowest BCUT2D eigenvalue weighted by Gasteiger charge is -2.42. The summed E-state index contributed by atoms with van der Waals surface area (Å²) < 4.78 is 0. The van der Waals surface area contributed by atoms with Crippen LogP contribution in [0.4, 0.5) is 0 Å². The number of hydrogen-bond donors (Lipinski definition) is 1. The number of terminal acetylenes is 1. The molecule has 2 heteroatoms. The molecule has 0 aromatic carbocycles. The SMILES string of the molecule is C#CCCN1CCNCC1(C)C. The zero-order valence-corrected chi connectivity index (χ0v) is 8.06. The van der Waals surface area contributed by atoms with Gasteiger partial charge in [-0.3, -0.25) is 4.90 Å². The smallest absolute Gasteiger partial charge is 0.0278 e. The van der Waals surface area contributed by atoms with Crippen molar-refractivity contribution in [1.29, 1.82) is 0 Å². The Morgan fingerprint density at radius 2 is 2.33 bits per heavy atom. The molecule has 0 amide bonds. The van der Waals surface area contributed by atoms with Crippen LogP contribution in [0.1, 0.15) is 20.3 Å². The van der Waals surface area contributed by atoms with Crippen LogP contribution < -0.4 is 5.32 Å². The number of nitrogens with one attached hydrogen (secondary N) is 1. The van der Waals surface area contributed by atoms with Crippen LogP contribution in [0.3, 0.4) is 0 Å². The lowest BCUT2D eigenvalue weighted by molar-refractivity contribution is 0.0935. The van der Waals surface area contributed by atoms with Crippen molar-refractivity contribution in [3.63, 3.8) is 0 Å². The first kappa shape index (κ1) is 9.57. The standard InChI is InChI=1S/C10H18N2/c1-4-5-7-12-8-6-11-9-10(12,2)3/h1,11H,5-9H2,2-3H3. The van der Waals surface area contributed by atoms with E-state index in [1.54, 1.807) is 0 Å². The lowest BCUT2D eigenvalue weighted by atomic mass is 10.00. The van der Waals surface area contributed by atoms with Crippen molar-refractivity contribution in [3.05, 3.63) is 0 Å². The van der Waals surface area contributed by atoms with Gasteiger partial charge in [-0.15, -0.1) is 12.3 Å². The van der Waals surface area contributed by atoms with Crippen molar-refractivity contribution in [1.82, 2.24) is 10.2 Å². The van der Waals surface area contributed by atoms with E-state index >= 15 is 0 Å². The Kier molecular flexibility index (Phi) is 3.13. The van der Waals surface area contributed by atoms with Crippen LogP contribution in [-0.2, 0) is 0 Å².